The van der Waals surface area contributed by atoms with E-state index in [1.165, 1.54) is 5.56 Å². The highest BCUT2D eigenvalue weighted by atomic mass is 16.2. The van der Waals surface area contributed by atoms with Gasteiger partial charge in [0.2, 0.25) is 11.8 Å². The van der Waals surface area contributed by atoms with Gasteiger partial charge in [-0.05, 0) is 49.9 Å². The quantitative estimate of drug-likeness (QED) is 0.837. The van der Waals surface area contributed by atoms with E-state index in [0.29, 0.717) is 0 Å². The van der Waals surface area contributed by atoms with Gasteiger partial charge in [0.25, 0.3) is 0 Å². The zero-order chi connectivity index (χ0) is 20.1. The van der Waals surface area contributed by atoms with Gasteiger partial charge < -0.3 is 10.2 Å². The number of carbonyl (C=O) groups excluding carboxylic acids is 2. The number of hydrogen-bond donors (Lipinski definition) is 1. The van der Waals surface area contributed by atoms with Gasteiger partial charge in [0.1, 0.15) is 0 Å². The number of amides is 2. The summed E-state index contributed by atoms with van der Waals surface area (Å²) in [6.45, 7) is 5.67. The maximum absolute atomic E-state index is 13.0. The molecule has 5 heteroatoms. The topological polar surface area (TPSA) is 52.7 Å². The highest BCUT2D eigenvalue weighted by Gasteiger charge is 2.33. The number of para-hydroxylation sites is 1. The molecule has 1 N–H and O–H groups in total. The van der Waals surface area contributed by atoms with Crippen molar-refractivity contribution in [1.29, 1.82) is 0 Å². The number of nitrogens with one attached hydrogen (secondary N) is 1. The number of carbonyl (C=O) groups is 2. The maximum atomic E-state index is 13.0. The monoisotopic (exact) mass is 379 g/mol. The Morgan fingerprint density at radius 3 is 2.43 bits per heavy atom. The standard InChI is InChI=1S/C23H29N3O2/c1-17-9-7-10-18(2)22(17)24-21(27)16-25(3)23(28)20-13-8-14-26(20)15-19-11-5-4-6-12-19/h4-7,9-12,20H,8,13-16H2,1-3H3,(H,24,27). The second-order valence-corrected chi connectivity index (χ2v) is 7.62. The fraction of sp³-hybridized carbons (Fsp3) is 0.391. The summed E-state index contributed by atoms with van der Waals surface area (Å²) in [6.07, 6.45) is 1.85. The molecule has 148 valence electrons. The van der Waals surface area contributed by atoms with Gasteiger partial charge in [-0.15, -0.1) is 0 Å². The second-order valence-electron chi connectivity index (χ2n) is 7.62. The van der Waals surface area contributed by atoms with Gasteiger partial charge >= 0.3 is 0 Å². The van der Waals surface area contributed by atoms with Crippen LogP contribution in [-0.2, 0) is 16.1 Å². The van der Waals surface area contributed by atoms with E-state index in [2.05, 4.69) is 22.3 Å². The van der Waals surface area contributed by atoms with Crippen molar-refractivity contribution in [2.24, 2.45) is 0 Å². The van der Waals surface area contributed by atoms with Crippen LogP contribution < -0.4 is 5.32 Å². The molecule has 1 fully saturated rings. The largest absolute Gasteiger partial charge is 0.335 e. The minimum absolute atomic E-state index is 0.0186. The normalized spacial score (nSPS) is 16.8. The molecule has 0 spiro atoms. The summed E-state index contributed by atoms with van der Waals surface area (Å²) in [5.74, 6) is -0.147. The lowest BCUT2D eigenvalue weighted by Gasteiger charge is -2.28. The van der Waals surface area contributed by atoms with Gasteiger partial charge in [-0.1, -0.05) is 48.5 Å². The average Bonchev–Trinajstić information content (AvgIpc) is 3.13. The van der Waals surface area contributed by atoms with Crippen LogP contribution in [0.4, 0.5) is 5.69 Å². The van der Waals surface area contributed by atoms with Crippen molar-refractivity contribution < 1.29 is 9.59 Å². The zero-order valence-electron chi connectivity index (χ0n) is 16.9. The molecule has 1 aliphatic heterocycles. The van der Waals surface area contributed by atoms with E-state index in [0.717, 1.165) is 42.7 Å². The Morgan fingerprint density at radius 1 is 1.07 bits per heavy atom. The van der Waals surface area contributed by atoms with E-state index in [1.807, 2.05) is 50.2 Å². The summed E-state index contributed by atoms with van der Waals surface area (Å²) in [7, 11) is 1.71. The van der Waals surface area contributed by atoms with Crippen molar-refractivity contribution in [2.45, 2.75) is 39.3 Å². The first kappa shape index (κ1) is 20.1. The van der Waals surface area contributed by atoms with Crippen LogP contribution in [-0.4, -0.2) is 47.8 Å². The highest BCUT2D eigenvalue weighted by Crippen LogP contribution is 2.22. The smallest absolute Gasteiger partial charge is 0.243 e. The molecular weight excluding hydrogens is 350 g/mol. The van der Waals surface area contributed by atoms with E-state index < -0.39 is 0 Å². The van der Waals surface area contributed by atoms with Crippen LogP contribution in [0, 0.1) is 13.8 Å². The minimum Gasteiger partial charge on any atom is -0.335 e. The molecular formula is C23H29N3O2. The molecule has 2 aromatic rings. The number of likely N-dealkylation sites (tertiary alicyclic amines) is 1. The molecule has 2 amide bonds. The number of benzene rings is 2. The van der Waals surface area contributed by atoms with E-state index in [-0.39, 0.29) is 24.4 Å². The summed E-state index contributed by atoms with van der Waals surface area (Å²) in [5, 5.41) is 2.96. The number of likely N-dealkylation sites (N-methyl/N-ethyl adjacent to an activating group) is 1. The first-order chi connectivity index (χ1) is 13.5. The van der Waals surface area contributed by atoms with Gasteiger partial charge in [-0.3, -0.25) is 14.5 Å². The molecule has 28 heavy (non-hydrogen) atoms. The Balaban J connectivity index is 1.59. The van der Waals surface area contributed by atoms with Crippen molar-refractivity contribution in [3.8, 4) is 0 Å². The molecule has 3 rings (SSSR count). The number of rotatable bonds is 6. The molecule has 0 aliphatic carbocycles. The Morgan fingerprint density at radius 2 is 1.75 bits per heavy atom. The van der Waals surface area contributed by atoms with E-state index in [1.54, 1.807) is 11.9 Å². The van der Waals surface area contributed by atoms with Crippen molar-refractivity contribution in [2.75, 3.05) is 25.5 Å². The molecule has 0 saturated carbocycles. The Hall–Kier alpha value is -2.66. The van der Waals surface area contributed by atoms with Crippen LogP contribution in [0.1, 0.15) is 29.5 Å². The molecule has 5 nitrogen and oxygen atoms in total. The zero-order valence-corrected chi connectivity index (χ0v) is 16.9. The third-order valence-electron chi connectivity index (χ3n) is 5.38. The first-order valence-corrected chi connectivity index (χ1v) is 9.84. The fourth-order valence-electron chi connectivity index (χ4n) is 3.85. The van der Waals surface area contributed by atoms with Gasteiger partial charge in [0, 0.05) is 19.3 Å². The van der Waals surface area contributed by atoms with E-state index in [4.69, 9.17) is 0 Å². The lowest BCUT2D eigenvalue weighted by molar-refractivity contribution is -0.137. The predicted octanol–water partition coefficient (Wildman–Crippen LogP) is 3.36. The number of anilines is 1. The Bertz CT molecular complexity index is 815. The van der Waals surface area contributed by atoms with Crippen LogP contribution in [0.25, 0.3) is 0 Å². The molecule has 1 heterocycles. The minimum atomic E-state index is -0.166. The molecule has 1 aliphatic rings. The van der Waals surface area contributed by atoms with Crippen molar-refractivity contribution in [3.63, 3.8) is 0 Å². The van der Waals surface area contributed by atoms with Crippen LogP contribution in [0.2, 0.25) is 0 Å². The summed E-state index contributed by atoms with van der Waals surface area (Å²) in [5.41, 5.74) is 4.08. The van der Waals surface area contributed by atoms with Crippen molar-refractivity contribution in [1.82, 2.24) is 9.80 Å². The van der Waals surface area contributed by atoms with E-state index >= 15 is 0 Å². The molecule has 0 aromatic heterocycles. The first-order valence-electron chi connectivity index (χ1n) is 9.84. The number of aryl methyl sites for hydroxylation is 2. The summed E-state index contributed by atoms with van der Waals surface area (Å²) < 4.78 is 0. The van der Waals surface area contributed by atoms with Gasteiger partial charge in [0.05, 0.1) is 12.6 Å². The Labute approximate surface area is 167 Å². The second kappa shape index (κ2) is 9.02. The van der Waals surface area contributed by atoms with Gasteiger partial charge in [-0.25, -0.2) is 0 Å². The predicted molar refractivity (Wildman–Crippen MR) is 112 cm³/mol. The SMILES string of the molecule is Cc1cccc(C)c1NC(=O)CN(C)C(=O)C1CCCN1Cc1ccccc1. The molecule has 1 unspecified atom stereocenters. The molecule has 1 atom stereocenters. The van der Waals surface area contributed by atoms with Crippen LogP contribution in [0.3, 0.4) is 0 Å². The fourth-order valence-corrected chi connectivity index (χ4v) is 3.85. The summed E-state index contributed by atoms with van der Waals surface area (Å²) >= 11 is 0. The summed E-state index contributed by atoms with van der Waals surface area (Å²) in [6, 6.07) is 16.0. The molecule has 0 radical (unpaired) electrons. The lowest BCUT2D eigenvalue weighted by atomic mass is 10.1. The van der Waals surface area contributed by atoms with Crippen LogP contribution in [0.15, 0.2) is 48.5 Å². The van der Waals surface area contributed by atoms with E-state index in [9.17, 15) is 9.59 Å². The molecule has 2 aromatic carbocycles. The third-order valence-corrected chi connectivity index (χ3v) is 5.38. The lowest BCUT2D eigenvalue weighted by Crippen LogP contribution is -2.46. The average molecular weight is 380 g/mol. The number of hydrogen-bond acceptors (Lipinski definition) is 3. The Kier molecular flexibility index (Phi) is 6.47. The highest BCUT2D eigenvalue weighted by molar-refractivity contribution is 5.96. The maximum Gasteiger partial charge on any atom is 0.243 e. The van der Waals surface area contributed by atoms with Crippen LogP contribution >= 0.6 is 0 Å². The third kappa shape index (κ3) is 4.78. The van der Waals surface area contributed by atoms with Crippen molar-refractivity contribution >= 4 is 17.5 Å². The van der Waals surface area contributed by atoms with Crippen molar-refractivity contribution in [3.05, 3.63) is 65.2 Å². The molecule has 0 bridgehead atoms. The van der Waals surface area contributed by atoms with Crippen LogP contribution in [0.5, 0.6) is 0 Å². The molecule has 1 saturated heterocycles. The van der Waals surface area contributed by atoms with Gasteiger partial charge in [-0.2, -0.15) is 0 Å². The number of nitrogens with zero attached hydrogens (tertiary/aromatic N) is 2. The summed E-state index contributed by atoms with van der Waals surface area (Å²) in [4.78, 5) is 29.2. The van der Waals surface area contributed by atoms with Gasteiger partial charge in [0.15, 0.2) is 0 Å².